The monoisotopic (exact) mass is 473 g/mol. The standard InChI is InChI=1S/C29H31NO5/c1-34-27(26-19-10-17-9-18(12-19)13-20(26)11-17)21-14-22(31)16-23(15-21)35-8-4-7-30-28(32)24-5-2-3-6-25(24)29(30)33/h2-3,5-6,14-20,31H,4,7-13H2,1H3. The summed E-state index contributed by atoms with van der Waals surface area (Å²) in [4.78, 5) is 26.4. The van der Waals surface area contributed by atoms with Gasteiger partial charge in [-0.3, -0.25) is 14.5 Å². The van der Waals surface area contributed by atoms with Gasteiger partial charge in [0.2, 0.25) is 0 Å². The highest BCUT2D eigenvalue weighted by Gasteiger charge is 2.46. The van der Waals surface area contributed by atoms with Crippen molar-refractivity contribution in [3.8, 4) is 11.5 Å². The van der Waals surface area contributed by atoms with Gasteiger partial charge in [-0.1, -0.05) is 12.1 Å². The lowest BCUT2D eigenvalue weighted by Gasteiger charge is -2.51. The Labute approximate surface area is 205 Å². The maximum absolute atomic E-state index is 12.5. The van der Waals surface area contributed by atoms with Crippen LogP contribution >= 0.6 is 0 Å². The molecule has 4 aliphatic carbocycles. The van der Waals surface area contributed by atoms with Crippen molar-refractivity contribution in [3.63, 3.8) is 0 Å². The van der Waals surface area contributed by atoms with Crippen LogP contribution in [-0.2, 0) is 4.74 Å². The van der Waals surface area contributed by atoms with Crippen LogP contribution in [0.25, 0.3) is 5.76 Å². The summed E-state index contributed by atoms with van der Waals surface area (Å²) in [6.07, 6.45) is 6.93. The van der Waals surface area contributed by atoms with Crippen LogP contribution in [-0.4, -0.2) is 42.1 Å². The Hall–Kier alpha value is -3.28. The molecular formula is C29H31NO5. The van der Waals surface area contributed by atoms with Crippen molar-refractivity contribution in [2.75, 3.05) is 20.3 Å². The van der Waals surface area contributed by atoms with Crippen LogP contribution in [0.4, 0.5) is 0 Å². The number of allylic oxidation sites excluding steroid dienone is 1. The number of hydrogen-bond acceptors (Lipinski definition) is 5. The third-order valence-electron chi connectivity index (χ3n) is 8.31. The average Bonchev–Trinajstić information content (AvgIpc) is 3.08. The number of fused-ring (bicyclic) bond motifs is 1. The first kappa shape index (κ1) is 22.2. The fraction of sp³-hybridized carbons (Fsp3) is 0.448. The summed E-state index contributed by atoms with van der Waals surface area (Å²) in [6.45, 7) is 0.612. The van der Waals surface area contributed by atoms with Gasteiger partial charge in [0, 0.05) is 18.2 Å². The number of rotatable bonds is 7. The number of methoxy groups -OCH3 is 1. The molecule has 5 aliphatic rings. The van der Waals surface area contributed by atoms with Gasteiger partial charge in [-0.2, -0.15) is 0 Å². The highest BCUT2D eigenvalue weighted by Crippen LogP contribution is 2.58. The van der Waals surface area contributed by atoms with E-state index in [1.54, 1.807) is 43.5 Å². The van der Waals surface area contributed by atoms with Crippen molar-refractivity contribution in [3.05, 3.63) is 64.7 Å². The first-order chi connectivity index (χ1) is 17.0. The molecule has 0 aromatic heterocycles. The van der Waals surface area contributed by atoms with Crippen LogP contribution < -0.4 is 4.74 Å². The van der Waals surface area contributed by atoms with E-state index in [0.717, 1.165) is 23.2 Å². The fourth-order valence-electron chi connectivity index (χ4n) is 7.12. The second-order valence-corrected chi connectivity index (χ2v) is 10.5. The molecule has 0 radical (unpaired) electrons. The number of nitrogens with zero attached hydrogens (tertiary/aromatic N) is 1. The van der Waals surface area contributed by atoms with Crippen molar-refractivity contribution < 1.29 is 24.2 Å². The van der Waals surface area contributed by atoms with Gasteiger partial charge in [-0.15, -0.1) is 0 Å². The van der Waals surface area contributed by atoms with Gasteiger partial charge >= 0.3 is 0 Å². The van der Waals surface area contributed by atoms with Gasteiger partial charge in [0.05, 0.1) is 24.8 Å². The number of imide groups is 1. The van der Waals surface area contributed by atoms with Gasteiger partial charge in [0.25, 0.3) is 11.8 Å². The van der Waals surface area contributed by atoms with Crippen molar-refractivity contribution in [1.82, 2.24) is 4.90 Å². The molecule has 0 unspecified atom stereocenters. The third-order valence-corrected chi connectivity index (χ3v) is 8.31. The molecule has 6 nitrogen and oxygen atoms in total. The third kappa shape index (κ3) is 3.89. The number of ether oxygens (including phenoxy) is 2. The topological polar surface area (TPSA) is 76.1 Å². The Morgan fingerprint density at radius 2 is 1.57 bits per heavy atom. The zero-order valence-corrected chi connectivity index (χ0v) is 20.0. The van der Waals surface area contributed by atoms with Gasteiger partial charge in [0.1, 0.15) is 17.3 Å². The first-order valence-corrected chi connectivity index (χ1v) is 12.7. The number of aromatic hydroxyl groups is 1. The number of benzene rings is 2. The number of phenolic OH excluding ortho intramolecular Hbond substituents is 1. The molecule has 1 N–H and O–H groups in total. The second kappa shape index (κ2) is 8.74. The molecule has 0 spiro atoms. The zero-order valence-electron chi connectivity index (χ0n) is 20.0. The number of carbonyl (C=O) groups excluding carboxylic acids is 2. The molecule has 2 aromatic rings. The van der Waals surface area contributed by atoms with Crippen LogP contribution in [0.3, 0.4) is 0 Å². The summed E-state index contributed by atoms with van der Waals surface area (Å²) in [7, 11) is 1.72. The largest absolute Gasteiger partial charge is 0.508 e. The van der Waals surface area contributed by atoms with E-state index in [2.05, 4.69) is 0 Å². The normalized spacial score (nSPS) is 26.3. The minimum absolute atomic E-state index is 0.136. The van der Waals surface area contributed by atoms with E-state index in [0.29, 0.717) is 41.7 Å². The zero-order chi connectivity index (χ0) is 24.1. The molecule has 35 heavy (non-hydrogen) atoms. The van der Waals surface area contributed by atoms with E-state index in [9.17, 15) is 14.7 Å². The molecule has 0 saturated heterocycles. The second-order valence-electron chi connectivity index (χ2n) is 10.5. The number of carbonyl (C=O) groups is 2. The van der Waals surface area contributed by atoms with Crippen molar-refractivity contribution in [2.24, 2.45) is 23.7 Å². The minimum atomic E-state index is -0.253. The van der Waals surface area contributed by atoms with Crippen LogP contribution in [0.15, 0.2) is 48.0 Å². The van der Waals surface area contributed by atoms with Crippen molar-refractivity contribution in [2.45, 2.75) is 38.5 Å². The summed E-state index contributed by atoms with van der Waals surface area (Å²) in [6, 6.07) is 12.2. The maximum Gasteiger partial charge on any atom is 0.261 e. The molecule has 2 aromatic carbocycles. The fourth-order valence-corrected chi connectivity index (χ4v) is 7.12. The van der Waals surface area contributed by atoms with Gasteiger partial charge in [-0.05, 0) is 92.0 Å². The quantitative estimate of drug-likeness (QED) is 0.337. The average molecular weight is 474 g/mol. The van der Waals surface area contributed by atoms with Crippen molar-refractivity contribution in [1.29, 1.82) is 0 Å². The lowest BCUT2D eigenvalue weighted by Crippen LogP contribution is -2.40. The summed E-state index contributed by atoms with van der Waals surface area (Å²) < 4.78 is 11.9. The predicted octanol–water partition coefficient (Wildman–Crippen LogP) is 5.27. The van der Waals surface area contributed by atoms with Crippen LogP contribution in [0.2, 0.25) is 0 Å². The van der Waals surface area contributed by atoms with E-state index in [1.807, 2.05) is 6.07 Å². The number of hydrogen-bond donors (Lipinski definition) is 1. The Bertz CT molecular complexity index is 1150. The lowest BCUT2D eigenvalue weighted by molar-refractivity contribution is 0.0646. The molecule has 1 aliphatic heterocycles. The lowest BCUT2D eigenvalue weighted by atomic mass is 9.54. The van der Waals surface area contributed by atoms with Crippen LogP contribution in [0.5, 0.6) is 11.5 Å². The molecule has 2 amide bonds. The molecule has 6 heteroatoms. The van der Waals surface area contributed by atoms with E-state index in [4.69, 9.17) is 9.47 Å². The molecular weight excluding hydrogens is 442 g/mol. The maximum atomic E-state index is 12.5. The Morgan fingerprint density at radius 3 is 2.17 bits per heavy atom. The molecule has 7 rings (SSSR count). The number of amides is 2. The predicted molar refractivity (Wildman–Crippen MR) is 131 cm³/mol. The highest BCUT2D eigenvalue weighted by atomic mass is 16.5. The SMILES string of the molecule is COC(=C1C2CC3CC(C2)CC1C3)c1cc(O)cc(OCCCN2C(=O)c3ccccc3C2=O)c1. The Kier molecular flexibility index (Phi) is 5.54. The first-order valence-electron chi connectivity index (χ1n) is 12.7. The summed E-state index contributed by atoms with van der Waals surface area (Å²) in [5.41, 5.74) is 3.20. The molecule has 4 bridgehead atoms. The number of phenols is 1. The summed E-state index contributed by atoms with van der Waals surface area (Å²) in [5.74, 6) is 3.99. The summed E-state index contributed by atoms with van der Waals surface area (Å²) >= 11 is 0. The molecule has 4 fully saturated rings. The molecule has 182 valence electrons. The van der Waals surface area contributed by atoms with Crippen LogP contribution in [0.1, 0.15) is 64.8 Å². The Morgan fingerprint density at radius 1 is 0.943 bits per heavy atom. The van der Waals surface area contributed by atoms with E-state index in [-0.39, 0.29) is 24.1 Å². The Balaban J connectivity index is 1.14. The van der Waals surface area contributed by atoms with E-state index >= 15 is 0 Å². The van der Waals surface area contributed by atoms with Crippen molar-refractivity contribution >= 4 is 17.6 Å². The minimum Gasteiger partial charge on any atom is -0.508 e. The molecule has 1 heterocycles. The highest BCUT2D eigenvalue weighted by molar-refractivity contribution is 6.21. The molecule has 0 atom stereocenters. The smallest absolute Gasteiger partial charge is 0.261 e. The van der Waals surface area contributed by atoms with Crippen LogP contribution in [0, 0.1) is 23.7 Å². The van der Waals surface area contributed by atoms with E-state index < -0.39 is 0 Å². The van der Waals surface area contributed by atoms with Gasteiger partial charge in [0.15, 0.2) is 0 Å². The summed E-state index contributed by atoms with van der Waals surface area (Å²) in [5, 5.41) is 10.4. The van der Waals surface area contributed by atoms with Gasteiger partial charge < -0.3 is 14.6 Å². The molecule has 4 saturated carbocycles. The van der Waals surface area contributed by atoms with E-state index in [1.165, 1.54) is 42.6 Å². The van der Waals surface area contributed by atoms with Gasteiger partial charge in [-0.25, -0.2) is 0 Å².